The van der Waals surface area contributed by atoms with Crippen LogP contribution in [0.2, 0.25) is 5.02 Å². The molecule has 0 N–H and O–H groups in total. The fraction of sp³-hybridized carbons (Fsp3) is 0.467. The Bertz CT molecular complexity index is 543. The molecule has 1 saturated heterocycles. The molecular weight excluding hydrogens is 262 g/mol. The molecule has 19 heavy (non-hydrogen) atoms. The minimum absolute atomic E-state index is 0.0741. The van der Waals surface area contributed by atoms with E-state index in [-0.39, 0.29) is 23.7 Å². The zero-order valence-corrected chi connectivity index (χ0v) is 11.6. The fourth-order valence-electron chi connectivity index (χ4n) is 3.26. The molecule has 0 unspecified atom stereocenters. The molecule has 2 aliphatic rings. The highest BCUT2D eigenvalue weighted by molar-refractivity contribution is 6.36. The van der Waals surface area contributed by atoms with Crippen LogP contribution in [0.4, 0.5) is 5.69 Å². The number of fused-ring (bicyclic) bond motifs is 1. The first-order valence-electron chi connectivity index (χ1n) is 6.72. The quantitative estimate of drug-likeness (QED) is 0.739. The Hall–Kier alpha value is -1.35. The summed E-state index contributed by atoms with van der Waals surface area (Å²) in [7, 11) is 0. The lowest BCUT2D eigenvalue weighted by Crippen LogP contribution is -2.31. The van der Waals surface area contributed by atoms with Crippen molar-refractivity contribution >= 4 is 29.1 Å². The molecule has 4 heteroatoms. The van der Waals surface area contributed by atoms with E-state index in [4.69, 9.17) is 11.6 Å². The zero-order chi connectivity index (χ0) is 13.6. The van der Waals surface area contributed by atoms with Crippen LogP contribution >= 0.6 is 11.6 Å². The van der Waals surface area contributed by atoms with Crippen LogP contribution in [0.5, 0.6) is 0 Å². The van der Waals surface area contributed by atoms with Gasteiger partial charge in [0.25, 0.3) is 0 Å². The third-order valence-electron chi connectivity index (χ3n) is 4.28. The van der Waals surface area contributed by atoms with E-state index >= 15 is 0 Å². The Morgan fingerprint density at radius 3 is 2.53 bits per heavy atom. The number of carbonyl (C=O) groups excluding carboxylic acids is 2. The van der Waals surface area contributed by atoms with E-state index in [0.29, 0.717) is 16.6 Å². The summed E-state index contributed by atoms with van der Waals surface area (Å²) in [5.74, 6) is 0.0846. The molecule has 2 amide bonds. The molecule has 3 nitrogen and oxygen atoms in total. The van der Waals surface area contributed by atoms with Crippen molar-refractivity contribution in [1.29, 1.82) is 0 Å². The number of amides is 2. The molecule has 3 rings (SSSR count). The lowest BCUT2D eigenvalue weighted by molar-refractivity contribution is -0.122. The Kier molecular flexibility index (Phi) is 3.09. The average molecular weight is 278 g/mol. The molecule has 1 aromatic carbocycles. The Morgan fingerprint density at radius 2 is 1.79 bits per heavy atom. The van der Waals surface area contributed by atoms with Crippen molar-refractivity contribution in [1.82, 2.24) is 0 Å². The number of carbonyl (C=O) groups is 2. The summed E-state index contributed by atoms with van der Waals surface area (Å²) in [4.78, 5) is 26.3. The molecule has 0 spiro atoms. The number of imide groups is 1. The van der Waals surface area contributed by atoms with E-state index in [2.05, 4.69) is 6.92 Å². The second kappa shape index (κ2) is 4.64. The largest absolute Gasteiger partial charge is 0.274 e. The van der Waals surface area contributed by atoms with Crippen LogP contribution in [0, 0.1) is 17.8 Å². The predicted octanol–water partition coefficient (Wildman–Crippen LogP) is 3.27. The van der Waals surface area contributed by atoms with Crippen LogP contribution in [0.15, 0.2) is 24.3 Å². The van der Waals surface area contributed by atoms with Crippen LogP contribution in [-0.2, 0) is 9.59 Å². The van der Waals surface area contributed by atoms with Gasteiger partial charge in [-0.2, -0.15) is 0 Å². The standard InChI is InChI=1S/C15H16ClNO2/c1-9-6-7-10-11(8-9)15(19)17(14(10)18)13-5-3-2-4-12(13)16/h2-5,9-11H,6-8H2,1H3/t9-,10-,11+/m0/s1. The van der Waals surface area contributed by atoms with Gasteiger partial charge in [0.2, 0.25) is 11.8 Å². The van der Waals surface area contributed by atoms with E-state index in [9.17, 15) is 9.59 Å². The summed E-state index contributed by atoms with van der Waals surface area (Å²) in [5.41, 5.74) is 0.529. The van der Waals surface area contributed by atoms with Crippen LogP contribution in [0.3, 0.4) is 0 Å². The van der Waals surface area contributed by atoms with E-state index in [0.717, 1.165) is 19.3 Å². The van der Waals surface area contributed by atoms with Crippen molar-refractivity contribution in [3.63, 3.8) is 0 Å². The molecule has 2 fully saturated rings. The normalized spacial score (nSPS) is 30.6. The van der Waals surface area contributed by atoms with Gasteiger partial charge in [-0.25, -0.2) is 4.90 Å². The number of hydrogen-bond donors (Lipinski definition) is 0. The molecule has 1 aromatic rings. The monoisotopic (exact) mass is 277 g/mol. The van der Waals surface area contributed by atoms with Crippen molar-refractivity contribution in [3.8, 4) is 0 Å². The van der Waals surface area contributed by atoms with Gasteiger partial charge in [-0.3, -0.25) is 9.59 Å². The van der Waals surface area contributed by atoms with Crippen molar-refractivity contribution in [3.05, 3.63) is 29.3 Å². The third kappa shape index (κ3) is 1.96. The highest BCUT2D eigenvalue weighted by Crippen LogP contribution is 2.43. The highest BCUT2D eigenvalue weighted by atomic mass is 35.5. The molecule has 0 aromatic heterocycles. The SMILES string of the molecule is C[C@H]1CC[C@@H]2C(=O)N(c3ccccc3Cl)C(=O)[C@@H]2C1. The Labute approximate surface area is 117 Å². The van der Waals surface area contributed by atoms with Gasteiger partial charge in [-0.05, 0) is 37.3 Å². The maximum absolute atomic E-state index is 12.5. The lowest BCUT2D eigenvalue weighted by atomic mass is 9.76. The van der Waals surface area contributed by atoms with Crippen molar-refractivity contribution in [2.75, 3.05) is 4.90 Å². The Morgan fingerprint density at radius 1 is 1.11 bits per heavy atom. The number of rotatable bonds is 1. The maximum Gasteiger partial charge on any atom is 0.237 e. The molecule has 0 bridgehead atoms. The van der Waals surface area contributed by atoms with E-state index in [1.165, 1.54) is 4.90 Å². The van der Waals surface area contributed by atoms with E-state index in [1.807, 2.05) is 0 Å². The first-order chi connectivity index (χ1) is 9.09. The number of benzene rings is 1. The van der Waals surface area contributed by atoms with Gasteiger partial charge >= 0.3 is 0 Å². The minimum Gasteiger partial charge on any atom is -0.274 e. The number of hydrogen-bond acceptors (Lipinski definition) is 2. The first-order valence-corrected chi connectivity index (χ1v) is 7.09. The van der Waals surface area contributed by atoms with Gasteiger partial charge in [0.15, 0.2) is 0 Å². The summed E-state index contributed by atoms with van der Waals surface area (Å²) < 4.78 is 0. The van der Waals surface area contributed by atoms with Gasteiger partial charge in [0.1, 0.15) is 0 Å². The second-order valence-electron chi connectivity index (χ2n) is 5.59. The molecule has 3 atom stereocenters. The van der Waals surface area contributed by atoms with Gasteiger partial charge in [0, 0.05) is 0 Å². The molecule has 1 saturated carbocycles. The summed E-state index contributed by atoms with van der Waals surface area (Å²) >= 11 is 6.11. The van der Waals surface area contributed by atoms with Crippen molar-refractivity contribution in [2.24, 2.45) is 17.8 Å². The summed E-state index contributed by atoms with van der Waals surface area (Å²) in [6.07, 6.45) is 2.66. The van der Waals surface area contributed by atoms with Crippen molar-refractivity contribution in [2.45, 2.75) is 26.2 Å². The molecule has 100 valence electrons. The number of nitrogens with zero attached hydrogens (tertiary/aromatic N) is 1. The van der Waals surface area contributed by atoms with E-state index < -0.39 is 0 Å². The highest BCUT2D eigenvalue weighted by Gasteiger charge is 2.50. The van der Waals surface area contributed by atoms with Crippen molar-refractivity contribution < 1.29 is 9.59 Å². The predicted molar refractivity (Wildman–Crippen MR) is 73.9 cm³/mol. The molecule has 0 radical (unpaired) electrons. The maximum atomic E-state index is 12.5. The smallest absolute Gasteiger partial charge is 0.237 e. The van der Waals surface area contributed by atoms with Gasteiger partial charge in [-0.15, -0.1) is 0 Å². The van der Waals surface area contributed by atoms with E-state index in [1.54, 1.807) is 24.3 Å². The minimum atomic E-state index is -0.146. The van der Waals surface area contributed by atoms with Crippen LogP contribution in [0.1, 0.15) is 26.2 Å². The first kappa shape index (κ1) is 12.7. The van der Waals surface area contributed by atoms with Gasteiger partial charge in [-0.1, -0.05) is 30.7 Å². The number of para-hydroxylation sites is 1. The summed E-state index contributed by atoms with van der Waals surface area (Å²) in [6, 6.07) is 7.04. The number of anilines is 1. The average Bonchev–Trinajstić information content (AvgIpc) is 2.63. The van der Waals surface area contributed by atoms with Crippen LogP contribution < -0.4 is 4.90 Å². The Balaban J connectivity index is 1.98. The van der Waals surface area contributed by atoms with Gasteiger partial charge in [0.05, 0.1) is 22.5 Å². The summed E-state index contributed by atoms with van der Waals surface area (Å²) in [5, 5.41) is 0.455. The molecule has 1 heterocycles. The topological polar surface area (TPSA) is 37.4 Å². The molecular formula is C15H16ClNO2. The lowest BCUT2D eigenvalue weighted by Gasteiger charge is -2.25. The fourth-order valence-corrected chi connectivity index (χ4v) is 3.48. The second-order valence-corrected chi connectivity index (χ2v) is 6.00. The third-order valence-corrected chi connectivity index (χ3v) is 4.60. The summed E-state index contributed by atoms with van der Waals surface area (Å²) in [6.45, 7) is 2.14. The number of halogens is 1. The zero-order valence-electron chi connectivity index (χ0n) is 10.8. The van der Waals surface area contributed by atoms with Crippen LogP contribution in [0.25, 0.3) is 0 Å². The molecule has 1 aliphatic heterocycles. The molecule has 1 aliphatic carbocycles. The van der Waals surface area contributed by atoms with Crippen LogP contribution in [-0.4, -0.2) is 11.8 Å². The van der Waals surface area contributed by atoms with Gasteiger partial charge < -0.3 is 0 Å².